The first-order valence-corrected chi connectivity index (χ1v) is 9.02. The maximum absolute atomic E-state index is 12.6. The Hall–Kier alpha value is -3.67. The molecule has 28 heavy (non-hydrogen) atoms. The van der Waals surface area contributed by atoms with Crippen molar-refractivity contribution in [1.82, 2.24) is 19.7 Å². The number of nitrogens with zero attached hydrogens (tertiary/aromatic N) is 3. The van der Waals surface area contributed by atoms with Crippen molar-refractivity contribution in [3.05, 3.63) is 89.5 Å². The fourth-order valence-corrected chi connectivity index (χ4v) is 3.07. The summed E-state index contributed by atoms with van der Waals surface area (Å²) in [4.78, 5) is 21.2. The maximum Gasteiger partial charge on any atom is 0.270 e. The van der Waals surface area contributed by atoms with Crippen LogP contribution in [-0.2, 0) is 6.54 Å². The quantitative estimate of drug-likeness (QED) is 0.573. The van der Waals surface area contributed by atoms with Gasteiger partial charge in [0.1, 0.15) is 17.1 Å². The highest BCUT2D eigenvalue weighted by atomic mass is 16.5. The third kappa shape index (κ3) is 3.44. The molecule has 1 aromatic carbocycles. The lowest BCUT2D eigenvalue weighted by Crippen LogP contribution is -2.24. The zero-order chi connectivity index (χ0) is 19.5. The number of aromatic nitrogens is 3. The van der Waals surface area contributed by atoms with Crippen LogP contribution in [0.1, 0.15) is 27.2 Å². The van der Waals surface area contributed by atoms with E-state index in [4.69, 9.17) is 4.74 Å². The monoisotopic (exact) mass is 372 g/mol. The van der Waals surface area contributed by atoms with E-state index in [1.807, 2.05) is 68.6 Å². The van der Waals surface area contributed by atoms with E-state index in [1.165, 1.54) is 0 Å². The number of amides is 1. The number of benzene rings is 1. The lowest BCUT2D eigenvalue weighted by molar-refractivity contribution is 0.0945. The van der Waals surface area contributed by atoms with Crippen molar-refractivity contribution in [1.29, 1.82) is 0 Å². The topological polar surface area (TPSA) is 68.5 Å². The minimum atomic E-state index is -0.208. The van der Waals surface area contributed by atoms with Crippen LogP contribution in [0.4, 0.5) is 0 Å². The third-order valence-corrected chi connectivity index (χ3v) is 4.55. The van der Waals surface area contributed by atoms with Gasteiger partial charge in [-0.05, 0) is 43.2 Å². The highest BCUT2D eigenvalue weighted by Gasteiger charge is 2.14. The number of aryl methyl sites for hydroxylation is 2. The molecule has 6 nitrogen and oxygen atoms in total. The highest BCUT2D eigenvalue weighted by molar-refractivity contribution is 5.93. The number of carbonyl (C=O) groups excluding carboxylic acids is 1. The molecule has 4 rings (SSSR count). The molecule has 0 fully saturated rings. The summed E-state index contributed by atoms with van der Waals surface area (Å²) in [7, 11) is 0. The minimum Gasteiger partial charge on any atom is -0.438 e. The normalized spacial score (nSPS) is 10.8. The van der Waals surface area contributed by atoms with Gasteiger partial charge in [0.05, 0.1) is 6.20 Å². The highest BCUT2D eigenvalue weighted by Crippen LogP contribution is 2.29. The van der Waals surface area contributed by atoms with E-state index in [9.17, 15) is 4.79 Å². The summed E-state index contributed by atoms with van der Waals surface area (Å²) in [6, 6.07) is 15.3. The van der Waals surface area contributed by atoms with Crippen molar-refractivity contribution in [2.24, 2.45) is 0 Å². The Kier molecular flexibility index (Phi) is 4.76. The van der Waals surface area contributed by atoms with Crippen LogP contribution in [0.3, 0.4) is 0 Å². The number of nitrogens with one attached hydrogen (secondary N) is 1. The van der Waals surface area contributed by atoms with Gasteiger partial charge in [0, 0.05) is 24.5 Å². The van der Waals surface area contributed by atoms with Crippen LogP contribution in [0.25, 0.3) is 5.65 Å². The predicted octanol–water partition coefficient (Wildman–Crippen LogP) is 4.07. The summed E-state index contributed by atoms with van der Waals surface area (Å²) in [5.74, 6) is 1.06. The van der Waals surface area contributed by atoms with Crippen LogP contribution in [0.5, 0.6) is 11.6 Å². The Labute approximate surface area is 162 Å². The molecule has 0 bridgehead atoms. The molecule has 0 atom stereocenters. The molecule has 0 saturated carbocycles. The second kappa shape index (κ2) is 7.52. The first kappa shape index (κ1) is 17.7. The second-order valence-electron chi connectivity index (χ2n) is 6.55. The van der Waals surface area contributed by atoms with Gasteiger partial charge in [-0.2, -0.15) is 0 Å². The SMILES string of the molecule is Cc1cccc(C)c1Oc1ncccc1CNC(=O)c1cnc2ccccn12. The van der Waals surface area contributed by atoms with Crippen LogP contribution < -0.4 is 10.1 Å². The van der Waals surface area contributed by atoms with E-state index in [0.717, 1.165) is 28.1 Å². The molecule has 4 aromatic rings. The van der Waals surface area contributed by atoms with E-state index in [2.05, 4.69) is 15.3 Å². The summed E-state index contributed by atoms with van der Waals surface area (Å²) in [6.07, 6.45) is 5.07. The maximum atomic E-state index is 12.6. The minimum absolute atomic E-state index is 0.208. The summed E-state index contributed by atoms with van der Waals surface area (Å²) >= 11 is 0. The molecule has 0 spiro atoms. The third-order valence-electron chi connectivity index (χ3n) is 4.55. The molecule has 3 aromatic heterocycles. The number of imidazole rings is 1. The number of rotatable bonds is 5. The molecule has 1 amide bonds. The Bertz CT molecular complexity index is 1130. The zero-order valence-corrected chi connectivity index (χ0v) is 15.7. The van der Waals surface area contributed by atoms with Gasteiger partial charge in [-0.1, -0.05) is 30.3 Å². The lowest BCUT2D eigenvalue weighted by atomic mass is 10.1. The van der Waals surface area contributed by atoms with Crippen molar-refractivity contribution in [3.8, 4) is 11.6 Å². The van der Waals surface area contributed by atoms with Crippen molar-refractivity contribution < 1.29 is 9.53 Å². The van der Waals surface area contributed by atoms with Gasteiger partial charge in [-0.3, -0.25) is 9.20 Å². The average molecular weight is 372 g/mol. The zero-order valence-electron chi connectivity index (χ0n) is 15.7. The van der Waals surface area contributed by atoms with Crippen molar-refractivity contribution in [3.63, 3.8) is 0 Å². The van der Waals surface area contributed by atoms with E-state index in [0.29, 0.717) is 18.1 Å². The molecule has 0 saturated heterocycles. The number of ether oxygens (including phenoxy) is 1. The molecule has 0 aliphatic heterocycles. The van der Waals surface area contributed by atoms with E-state index in [-0.39, 0.29) is 5.91 Å². The molecule has 0 radical (unpaired) electrons. The van der Waals surface area contributed by atoms with Crippen molar-refractivity contribution in [2.75, 3.05) is 0 Å². The van der Waals surface area contributed by atoms with Crippen LogP contribution in [0.2, 0.25) is 0 Å². The van der Waals surface area contributed by atoms with Gasteiger partial charge >= 0.3 is 0 Å². The summed E-state index contributed by atoms with van der Waals surface area (Å²) < 4.78 is 7.84. The molecule has 0 aliphatic carbocycles. The largest absolute Gasteiger partial charge is 0.438 e. The molecule has 6 heteroatoms. The first-order chi connectivity index (χ1) is 13.6. The number of hydrogen-bond donors (Lipinski definition) is 1. The molecular weight excluding hydrogens is 352 g/mol. The van der Waals surface area contributed by atoms with Gasteiger partial charge in [-0.15, -0.1) is 0 Å². The van der Waals surface area contributed by atoms with E-state index >= 15 is 0 Å². The average Bonchev–Trinajstić information content (AvgIpc) is 3.14. The molecule has 1 N–H and O–H groups in total. The van der Waals surface area contributed by atoms with E-state index < -0.39 is 0 Å². The van der Waals surface area contributed by atoms with Gasteiger partial charge in [0.25, 0.3) is 5.91 Å². The van der Waals surface area contributed by atoms with Crippen LogP contribution >= 0.6 is 0 Å². The summed E-state index contributed by atoms with van der Waals surface area (Å²) in [5.41, 5.74) is 4.08. The Morgan fingerprint density at radius 3 is 2.68 bits per heavy atom. The van der Waals surface area contributed by atoms with Crippen LogP contribution in [-0.4, -0.2) is 20.3 Å². The van der Waals surface area contributed by atoms with Crippen molar-refractivity contribution in [2.45, 2.75) is 20.4 Å². The van der Waals surface area contributed by atoms with Gasteiger partial charge < -0.3 is 10.1 Å². The van der Waals surface area contributed by atoms with E-state index in [1.54, 1.807) is 16.8 Å². The van der Waals surface area contributed by atoms with Crippen LogP contribution in [0, 0.1) is 13.8 Å². The molecule has 0 aliphatic rings. The van der Waals surface area contributed by atoms with Crippen LogP contribution in [0.15, 0.2) is 67.1 Å². The number of hydrogen-bond acceptors (Lipinski definition) is 4. The Morgan fingerprint density at radius 2 is 1.86 bits per heavy atom. The molecule has 3 heterocycles. The molecule has 140 valence electrons. The molecular formula is C22H20N4O2. The summed E-state index contributed by atoms with van der Waals surface area (Å²) in [5, 5.41) is 2.93. The van der Waals surface area contributed by atoms with Gasteiger partial charge in [0.2, 0.25) is 5.88 Å². The number of para-hydroxylation sites is 1. The first-order valence-electron chi connectivity index (χ1n) is 9.02. The van der Waals surface area contributed by atoms with Gasteiger partial charge in [-0.25, -0.2) is 9.97 Å². The number of carbonyl (C=O) groups is 1. The fourth-order valence-electron chi connectivity index (χ4n) is 3.07. The standard InChI is InChI=1S/C22H20N4O2/c1-15-7-5-8-16(2)20(15)28-22-17(9-6-11-23-22)13-25-21(27)18-14-24-19-10-3-4-12-26(18)19/h3-12,14H,13H2,1-2H3,(H,25,27). The molecule has 0 unspecified atom stereocenters. The van der Waals surface area contributed by atoms with Gasteiger partial charge in [0.15, 0.2) is 0 Å². The van der Waals surface area contributed by atoms with Crippen molar-refractivity contribution >= 4 is 11.6 Å². The smallest absolute Gasteiger partial charge is 0.270 e. The lowest BCUT2D eigenvalue weighted by Gasteiger charge is -2.14. The number of pyridine rings is 2. The predicted molar refractivity (Wildman–Crippen MR) is 107 cm³/mol. The summed E-state index contributed by atoms with van der Waals surface area (Å²) in [6.45, 7) is 4.29. The fraction of sp³-hybridized carbons (Fsp3) is 0.136. The Morgan fingerprint density at radius 1 is 1.04 bits per heavy atom. The second-order valence-corrected chi connectivity index (χ2v) is 6.55. The Balaban J connectivity index is 1.54. The number of fused-ring (bicyclic) bond motifs is 1.